The number of nitrogens with two attached hydrogens (primary N) is 1. The summed E-state index contributed by atoms with van der Waals surface area (Å²) in [5.41, 5.74) is 7.10. The molecule has 0 bridgehead atoms. The Labute approximate surface area is 87.7 Å². The van der Waals surface area contributed by atoms with Crippen LogP contribution in [0.5, 0.6) is 0 Å². The van der Waals surface area contributed by atoms with E-state index in [4.69, 9.17) is 5.73 Å². The minimum absolute atomic E-state index is 0.112. The van der Waals surface area contributed by atoms with Gasteiger partial charge in [-0.05, 0) is 39.9 Å². The molecule has 3 heteroatoms. The normalized spacial score (nSPS) is 13.3. The van der Waals surface area contributed by atoms with Crippen LogP contribution in [0.15, 0.2) is 22.9 Å². The highest BCUT2D eigenvalue weighted by Gasteiger charge is 2.07. The maximum absolute atomic E-state index is 5.99. The van der Waals surface area contributed by atoms with Crippen molar-refractivity contribution in [3.8, 4) is 0 Å². The Kier molecular flexibility index (Phi) is 3.88. The zero-order valence-corrected chi connectivity index (χ0v) is 9.58. The predicted molar refractivity (Wildman–Crippen MR) is 58.3 cm³/mol. The molecule has 13 heavy (non-hydrogen) atoms. The lowest BCUT2D eigenvalue weighted by atomic mass is 9.99. The molecule has 0 amide bonds. The van der Waals surface area contributed by atoms with Gasteiger partial charge in [0.25, 0.3) is 0 Å². The fraction of sp³-hybridized carbons (Fsp3) is 0.500. The highest BCUT2D eigenvalue weighted by atomic mass is 79.9. The van der Waals surface area contributed by atoms with Crippen molar-refractivity contribution in [2.24, 2.45) is 11.7 Å². The SMILES string of the molecule is CC(C)C[C@@H](N)c1ccc(Br)nc1. The molecule has 0 fully saturated rings. The molecule has 72 valence electrons. The molecule has 1 heterocycles. The van der Waals surface area contributed by atoms with Crippen LogP contribution < -0.4 is 5.73 Å². The minimum atomic E-state index is 0.112. The van der Waals surface area contributed by atoms with Crippen molar-refractivity contribution in [3.05, 3.63) is 28.5 Å². The maximum atomic E-state index is 5.99. The number of aromatic nitrogens is 1. The molecule has 0 saturated carbocycles. The van der Waals surface area contributed by atoms with Gasteiger partial charge >= 0.3 is 0 Å². The third kappa shape index (κ3) is 3.44. The van der Waals surface area contributed by atoms with Gasteiger partial charge in [0.1, 0.15) is 4.60 Å². The second-order valence-electron chi connectivity index (χ2n) is 3.65. The molecule has 1 aromatic rings. The van der Waals surface area contributed by atoms with Gasteiger partial charge in [0.2, 0.25) is 0 Å². The Morgan fingerprint density at radius 3 is 2.62 bits per heavy atom. The van der Waals surface area contributed by atoms with E-state index in [9.17, 15) is 0 Å². The molecule has 1 atom stereocenters. The number of pyridine rings is 1. The molecule has 1 rings (SSSR count). The predicted octanol–water partition coefficient (Wildman–Crippen LogP) is 2.89. The van der Waals surface area contributed by atoms with Gasteiger partial charge in [0, 0.05) is 12.2 Å². The first-order valence-electron chi connectivity index (χ1n) is 4.46. The summed E-state index contributed by atoms with van der Waals surface area (Å²) in [5, 5.41) is 0. The number of halogens is 1. The lowest BCUT2D eigenvalue weighted by molar-refractivity contribution is 0.509. The fourth-order valence-corrected chi connectivity index (χ4v) is 1.49. The molecular weight excluding hydrogens is 228 g/mol. The summed E-state index contributed by atoms with van der Waals surface area (Å²) >= 11 is 3.29. The van der Waals surface area contributed by atoms with Crippen LogP contribution in [-0.2, 0) is 0 Å². The van der Waals surface area contributed by atoms with Crippen LogP contribution in [0.2, 0.25) is 0 Å². The number of hydrogen-bond acceptors (Lipinski definition) is 2. The smallest absolute Gasteiger partial charge is 0.106 e. The first-order valence-corrected chi connectivity index (χ1v) is 5.26. The van der Waals surface area contributed by atoms with E-state index in [1.54, 1.807) is 0 Å². The Morgan fingerprint density at radius 2 is 2.15 bits per heavy atom. The largest absolute Gasteiger partial charge is 0.324 e. The zero-order chi connectivity index (χ0) is 9.84. The zero-order valence-electron chi connectivity index (χ0n) is 8.00. The molecule has 0 aromatic carbocycles. The number of nitrogens with zero attached hydrogens (tertiary/aromatic N) is 1. The average molecular weight is 243 g/mol. The summed E-state index contributed by atoms with van der Waals surface area (Å²) in [5.74, 6) is 0.624. The van der Waals surface area contributed by atoms with Crippen molar-refractivity contribution < 1.29 is 0 Å². The summed E-state index contributed by atoms with van der Waals surface area (Å²) in [7, 11) is 0. The Balaban J connectivity index is 2.66. The summed E-state index contributed by atoms with van der Waals surface area (Å²) in [6, 6.07) is 4.06. The second-order valence-corrected chi connectivity index (χ2v) is 4.46. The first-order chi connectivity index (χ1) is 6.09. The van der Waals surface area contributed by atoms with E-state index in [0.29, 0.717) is 5.92 Å². The van der Waals surface area contributed by atoms with Gasteiger partial charge in [0.15, 0.2) is 0 Å². The Morgan fingerprint density at radius 1 is 1.46 bits per heavy atom. The maximum Gasteiger partial charge on any atom is 0.106 e. The van der Waals surface area contributed by atoms with Crippen LogP contribution in [0.1, 0.15) is 31.9 Å². The summed E-state index contributed by atoms with van der Waals surface area (Å²) in [6.45, 7) is 4.35. The van der Waals surface area contributed by atoms with E-state index in [2.05, 4.69) is 34.8 Å². The third-order valence-corrected chi connectivity index (χ3v) is 2.37. The van der Waals surface area contributed by atoms with Crippen LogP contribution in [-0.4, -0.2) is 4.98 Å². The van der Waals surface area contributed by atoms with E-state index in [0.717, 1.165) is 16.6 Å². The van der Waals surface area contributed by atoms with Gasteiger partial charge in [-0.3, -0.25) is 0 Å². The topological polar surface area (TPSA) is 38.9 Å². The van der Waals surface area contributed by atoms with Gasteiger partial charge in [-0.1, -0.05) is 19.9 Å². The van der Waals surface area contributed by atoms with E-state index >= 15 is 0 Å². The number of rotatable bonds is 3. The first kappa shape index (κ1) is 10.7. The van der Waals surface area contributed by atoms with Crippen LogP contribution in [0.3, 0.4) is 0 Å². The lowest BCUT2D eigenvalue weighted by Crippen LogP contribution is -2.12. The highest BCUT2D eigenvalue weighted by molar-refractivity contribution is 9.10. The summed E-state index contributed by atoms with van der Waals surface area (Å²) in [6.07, 6.45) is 2.83. The molecule has 1 aromatic heterocycles. The highest BCUT2D eigenvalue weighted by Crippen LogP contribution is 2.18. The van der Waals surface area contributed by atoms with Crippen LogP contribution in [0.4, 0.5) is 0 Å². The van der Waals surface area contributed by atoms with Crippen molar-refractivity contribution >= 4 is 15.9 Å². The van der Waals surface area contributed by atoms with E-state index in [1.165, 1.54) is 0 Å². The minimum Gasteiger partial charge on any atom is -0.324 e. The van der Waals surface area contributed by atoms with Gasteiger partial charge in [-0.2, -0.15) is 0 Å². The van der Waals surface area contributed by atoms with Crippen molar-refractivity contribution in [1.82, 2.24) is 4.98 Å². The molecule has 0 unspecified atom stereocenters. The molecule has 2 N–H and O–H groups in total. The fourth-order valence-electron chi connectivity index (χ4n) is 1.25. The van der Waals surface area contributed by atoms with Crippen molar-refractivity contribution in [3.63, 3.8) is 0 Å². The Hall–Kier alpha value is -0.410. The van der Waals surface area contributed by atoms with E-state index in [1.807, 2.05) is 18.3 Å². The molecule has 0 radical (unpaired) electrons. The van der Waals surface area contributed by atoms with Crippen LogP contribution >= 0.6 is 15.9 Å². The van der Waals surface area contributed by atoms with Gasteiger partial charge in [-0.25, -0.2) is 4.98 Å². The molecule has 0 spiro atoms. The monoisotopic (exact) mass is 242 g/mol. The van der Waals surface area contributed by atoms with Crippen LogP contribution in [0, 0.1) is 5.92 Å². The van der Waals surface area contributed by atoms with E-state index < -0.39 is 0 Å². The quantitative estimate of drug-likeness (QED) is 0.829. The average Bonchev–Trinajstić information content (AvgIpc) is 2.04. The molecule has 0 aliphatic carbocycles. The lowest BCUT2D eigenvalue weighted by Gasteiger charge is -2.13. The van der Waals surface area contributed by atoms with Gasteiger partial charge in [0.05, 0.1) is 0 Å². The van der Waals surface area contributed by atoms with Gasteiger partial charge in [-0.15, -0.1) is 0 Å². The van der Waals surface area contributed by atoms with Crippen LogP contribution in [0.25, 0.3) is 0 Å². The second kappa shape index (κ2) is 4.72. The van der Waals surface area contributed by atoms with Crippen molar-refractivity contribution in [1.29, 1.82) is 0 Å². The summed E-state index contributed by atoms with van der Waals surface area (Å²) < 4.78 is 0.855. The van der Waals surface area contributed by atoms with Gasteiger partial charge < -0.3 is 5.73 Å². The molecule has 0 saturated heterocycles. The molecule has 2 nitrogen and oxygen atoms in total. The molecule has 0 aliphatic heterocycles. The van der Waals surface area contributed by atoms with E-state index in [-0.39, 0.29) is 6.04 Å². The third-order valence-electron chi connectivity index (χ3n) is 1.90. The Bertz CT molecular complexity index is 256. The van der Waals surface area contributed by atoms with Crippen molar-refractivity contribution in [2.45, 2.75) is 26.3 Å². The molecular formula is C10H15BrN2. The molecule has 0 aliphatic rings. The summed E-state index contributed by atoms with van der Waals surface area (Å²) in [4.78, 5) is 4.14. The van der Waals surface area contributed by atoms with Crippen molar-refractivity contribution in [2.75, 3.05) is 0 Å². The number of hydrogen-bond donors (Lipinski definition) is 1. The standard InChI is InChI=1S/C10H15BrN2/c1-7(2)5-9(12)8-3-4-10(11)13-6-8/h3-4,6-7,9H,5,12H2,1-2H3/t9-/m1/s1.